The van der Waals surface area contributed by atoms with Crippen LogP contribution in [0.4, 0.5) is 4.79 Å². The summed E-state index contributed by atoms with van der Waals surface area (Å²) >= 11 is 0. The quantitative estimate of drug-likeness (QED) is 0.438. The molecule has 56 valence electrons. The van der Waals surface area contributed by atoms with E-state index in [4.69, 9.17) is 0 Å². The monoisotopic (exact) mass is 142 g/mol. The van der Waals surface area contributed by atoms with Gasteiger partial charge < -0.3 is 9.47 Å². The van der Waals surface area contributed by atoms with Crippen LogP contribution in [0.5, 0.6) is 0 Å². The van der Waals surface area contributed by atoms with Crippen molar-refractivity contribution in [3.05, 3.63) is 24.7 Å². The number of carbonyl (C=O) groups excluding carboxylic acids is 1. The van der Waals surface area contributed by atoms with E-state index in [-0.39, 0.29) is 0 Å². The van der Waals surface area contributed by atoms with Gasteiger partial charge in [0.1, 0.15) is 11.5 Å². The predicted molar refractivity (Wildman–Crippen MR) is 37.2 cm³/mol. The topological polar surface area (TPSA) is 35.5 Å². The SMILES string of the molecule is C=C(C)OC(=O)OC(=C)C. The Labute approximate surface area is 59.9 Å². The van der Waals surface area contributed by atoms with Crippen molar-refractivity contribution in [2.45, 2.75) is 13.8 Å². The average molecular weight is 142 g/mol. The van der Waals surface area contributed by atoms with Gasteiger partial charge in [0.15, 0.2) is 0 Å². The van der Waals surface area contributed by atoms with Crippen LogP contribution in [0.2, 0.25) is 0 Å². The Morgan fingerprint density at radius 1 is 1.10 bits per heavy atom. The largest absolute Gasteiger partial charge is 0.518 e. The van der Waals surface area contributed by atoms with E-state index in [9.17, 15) is 4.79 Å². The van der Waals surface area contributed by atoms with E-state index >= 15 is 0 Å². The molecule has 0 aromatic carbocycles. The van der Waals surface area contributed by atoms with Crippen molar-refractivity contribution in [3.63, 3.8) is 0 Å². The smallest absolute Gasteiger partial charge is 0.400 e. The van der Waals surface area contributed by atoms with Crippen LogP contribution >= 0.6 is 0 Å². The second kappa shape index (κ2) is 3.71. The number of allylic oxidation sites excluding steroid dienone is 2. The maximum atomic E-state index is 10.5. The highest BCUT2D eigenvalue weighted by Crippen LogP contribution is 1.98. The lowest BCUT2D eigenvalue weighted by molar-refractivity contribution is 0.103. The molecule has 0 saturated heterocycles. The van der Waals surface area contributed by atoms with Crippen LogP contribution in [0.3, 0.4) is 0 Å². The first-order valence-corrected chi connectivity index (χ1v) is 2.73. The van der Waals surface area contributed by atoms with Gasteiger partial charge in [-0.3, -0.25) is 0 Å². The summed E-state index contributed by atoms with van der Waals surface area (Å²) in [7, 11) is 0. The molecule has 0 aliphatic carbocycles. The van der Waals surface area contributed by atoms with Crippen LogP contribution in [-0.2, 0) is 9.47 Å². The van der Waals surface area contributed by atoms with Crippen molar-refractivity contribution in [3.8, 4) is 0 Å². The van der Waals surface area contributed by atoms with Gasteiger partial charge in [0.25, 0.3) is 0 Å². The maximum Gasteiger partial charge on any atom is 0.518 e. The number of hydrogen-bond acceptors (Lipinski definition) is 3. The highest BCUT2D eigenvalue weighted by atomic mass is 16.7. The molecule has 0 atom stereocenters. The molecule has 0 rings (SSSR count). The van der Waals surface area contributed by atoms with Gasteiger partial charge >= 0.3 is 6.16 Å². The molecule has 0 aromatic heterocycles. The van der Waals surface area contributed by atoms with Crippen LogP contribution in [0.25, 0.3) is 0 Å². The van der Waals surface area contributed by atoms with E-state index in [0.29, 0.717) is 11.5 Å². The summed E-state index contributed by atoms with van der Waals surface area (Å²) in [5.74, 6) is 0.595. The molecule has 0 amide bonds. The molecule has 0 aromatic rings. The Hall–Kier alpha value is -1.25. The molecular weight excluding hydrogens is 132 g/mol. The normalized spacial score (nSPS) is 8.20. The molecule has 0 spiro atoms. The minimum absolute atomic E-state index is 0.297. The van der Waals surface area contributed by atoms with Crippen LogP contribution in [0.15, 0.2) is 24.7 Å². The Balaban J connectivity index is 3.65. The van der Waals surface area contributed by atoms with Crippen LogP contribution < -0.4 is 0 Å². The highest BCUT2D eigenvalue weighted by molar-refractivity contribution is 5.62. The Morgan fingerprint density at radius 2 is 1.40 bits per heavy atom. The minimum atomic E-state index is -0.792. The molecule has 0 N–H and O–H groups in total. The Kier molecular flexibility index (Phi) is 3.25. The van der Waals surface area contributed by atoms with E-state index in [1.165, 1.54) is 0 Å². The van der Waals surface area contributed by atoms with Crippen molar-refractivity contribution in [2.75, 3.05) is 0 Å². The van der Waals surface area contributed by atoms with Gasteiger partial charge in [0.05, 0.1) is 0 Å². The van der Waals surface area contributed by atoms with Crippen molar-refractivity contribution in [1.82, 2.24) is 0 Å². The van der Waals surface area contributed by atoms with Gasteiger partial charge in [-0.05, 0) is 13.8 Å². The number of carbonyl (C=O) groups is 1. The van der Waals surface area contributed by atoms with Crippen LogP contribution in [0.1, 0.15) is 13.8 Å². The summed E-state index contributed by atoms with van der Waals surface area (Å²) in [4.78, 5) is 10.5. The summed E-state index contributed by atoms with van der Waals surface area (Å²) in [6.45, 7) is 9.81. The molecule has 0 bridgehead atoms. The first kappa shape index (κ1) is 8.75. The van der Waals surface area contributed by atoms with Crippen molar-refractivity contribution >= 4 is 6.16 Å². The summed E-state index contributed by atoms with van der Waals surface area (Å²) in [5.41, 5.74) is 0. The first-order chi connectivity index (χ1) is 4.52. The molecule has 3 heteroatoms. The lowest BCUT2D eigenvalue weighted by Gasteiger charge is -2.02. The van der Waals surface area contributed by atoms with Gasteiger partial charge in [-0.1, -0.05) is 13.2 Å². The highest BCUT2D eigenvalue weighted by Gasteiger charge is 2.02. The number of rotatable bonds is 2. The lowest BCUT2D eigenvalue weighted by atomic mass is 10.6. The van der Waals surface area contributed by atoms with Crippen molar-refractivity contribution in [1.29, 1.82) is 0 Å². The third kappa shape index (κ3) is 4.90. The summed E-state index contributed by atoms with van der Waals surface area (Å²) in [6, 6.07) is 0. The third-order valence-corrected chi connectivity index (χ3v) is 0.515. The van der Waals surface area contributed by atoms with Gasteiger partial charge in [0.2, 0.25) is 0 Å². The molecule has 0 aliphatic heterocycles. The zero-order chi connectivity index (χ0) is 8.15. The first-order valence-electron chi connectivity index (χ1n) is 2.73. The molecule has 0 heterocycles. The van der Waals surface area contributed by atoms with Crippen LogP contribution in [-0.4, -0.2) is 6.16 Å². The molecule has 0 saturated carbocycles. The molecule has 10 heavy (non-hydrogen) atoms. The number of ether oxygens (including phenoxy) is 2. The van der Waals surface area contributed by atoms with E-state index < -0.39 is 6.16 Å². The number of hydrogen-bond donors (Lipinski definition) is 0. The van der Waals surface area contributed by atoms with Gasteiger partial charge in [-0.15, -0.1) is 0 Å². The molecular formula is C7H10O3. The van der Waals surface area contributed by atoms with E-state index in [2.05, 4.69) is 22.6 Å². The summed E-state index contributed by atoms with van der Waals surface area (Å²) < 4.78 is 8.89. The van der Waals surface area contributed by atoms with Crippen molar-refractivity contribution < 1.29 is 14.3 Å². The minimum Gasteiger partial charge on any atom is -0.400 e. The van der Waals surface area contributed by atoms with E-state index in [0.717, 1.165) is 0 Å². The van der Waals surface area contributed by atoms with Gasteiger partial charge in [0, 0.05) is 0 Å². The standard InChI is InChI=1S/C7H10O3/c1-5(2)9-7(8)10-6(3)4/h1,3H2,2,4H3. The summed E-state index contributed by atoms with van der Waals surface area (Å²) in [6.07, 6.45) is -0.792. The zero-order valence-electron chi connectivity index (χ0n) is 6.14. The Morgan fingerprint density at radius 3 is 1.60 bits per heavy atom. The molecule has 0 unspecified atom stereocenters. The lowest BCUT2D eigenvalue weighted by Crippen LogP contribution is -2.03. The average Bonchev–Trinajstić information content (AvgIpc) is 1.58. The second-order valence-corrected chi connectivity index (χ2v) is 1.86. The zero-order valence-corrected chi connectivity index (χ0v) is 6.14. The fourth-order valence-corrected chi connectivity index (χ4v) is 0.305. The van der Waals surface area contributed by atoms with Crippen molar-refractivity contribution in [2.24, 2.45) is 0 Å². The molecule has 0 fully saturated rings. The molecule has 3 nitrogen and oxygen atoms in total. The Bertz CT molecular complexity index is 152. The van der Waals surface area contributed by atoms with Crippen LogP contribution in [0, 0.1) is 0 Å². The molecule has 0 aliphatic rings. The fraction of sp³-hybridized carbons (Fsp3) is 0.286. The van der Waals surface area contributed by atoms with E-state index in [1.54, 1.807) is 13.8 Å². The second-order valence-electron chi connectivity index (χ2n) is 1.86. The van der Waals surface area contributed by atoms with Gasteiger partial charge in [-0.2, -0.15) is 0 Å². The van der Waals surface area contributed by atoms with Gasteiger partial charge in [-0.25, -0.2) is 4.79 Å². The summed E-state index contributed by atoms with van der Waals surface area (Å²) in [5, 5.41) is 0. The third-order valence-electron chi connectivity index (χ3n) is 0.515. The fourth-order valence-electron chi connectivity index (χ4n) is 0.305. The predicted octanol–water partition coefficient (Wildman–Crippen LogP) is 2.21. The molecule has 0 radical (unpaired) electrons. The maximum absolute atomic E-state index is 10.5. The van der Waals surface area contributed by atoms with E-state index in [1.807, 2.05) is 0 Å².